The van der Waals surface area contributed by atoms with Crippen LogP contribution in [0.4, 0.5) is 18.0 Å². The van der Waals surface area contributed by atoms with Gasteiger partial charge in [0.05, 0.1) is 23.8 Å². The van der Waals surface area contributed by atoms with Crippen LogP contribution in [-0.2, 0) is 15.7 Å². The SMILES string of the molecule is CC1=C(C(=O)OCC(C)C)C(c2cccc(C(F)(F)F)c2)NC(=O)N1. The van der Waals surface area contributed by atoms with Crippen molar-refractivity contribution in [1.82, 2.24) is 10.6 Å². The third-order valence-corrected chi connectivity index (χ3v) is 3.58. The molecule has 1 heterocycles. The molecule has 1 aliphatic rings. The lowest BCUT2D eigenvalue weighted by Gasteiger charge is -2.28. The highest BCUT2D eigenvalue weighted by Crippen LogP contribution is 2.33. The monoisotopic (exact) mass is 356 g/mol. The van der Waals surface area contributed by atoms with Crippen LogP contribution in [0, 0.1) is 5.92 Å². The Morgan fingerprint density at radius 1 is 1.32 bits per heavy atom. The van der Waals surface area contributed by atoms with Crippen molar-refractivity contribution in [1.29, 1.82) is 0 Å². The fourth-order valence-electron chi connectivity index (χ4n) is 2.43. The molecule has 0 aliphatic carbocycles. The lowest BCUT2D eigenvalue weighted by Crippen LogP contribution is -2.45. The number of ether oxygens (including phenoxy) is 1. The smallest absolute Gasteiger partial charge is 0.416 e. The van der Waals surface area contributed by atoms with Gasteiger partial charge in [-0.05, 0) is 30.5 Å². The number of nitrogens with one attached hydrogen (secondary N) is 2. The van der Waals surface area contributed by atoms with Crippen molar-refractivity contribution in [3.05, 3.63) is 46.7 Å². The van der Waals surface area contributed by atoms with Crippen LogP contribution in [0.1, 0.15) is 37.9 Å². The first kappa shape index (κ1) is 18.8. The van der Waals surface area contributed by atoms with Gasteiger partial charge in [-0.3, -0.25) is 0 Å². The number of amides is 2. The number of hydrogen-bond donors (Lipinski definition) is 2. The second-order valence-electron chi connectivity index (χ2n) is 6.19. The van der Waals surface area contributed by atoms with Crippen molar-refractivity contribution >= 4 is 12.0 Å². The third-order valence-electron chi connectivity index (χ3n) is 3.58. The van der Waals surface area contributed by atoms with Gasteiger partial charge < -0.3 is 15.4 Å². The summed E-state index contributed by atoms with van der Waals surface area (Å²) in [6, 6.07) is 2.89. The average molecular weight is 356 g/mol. The summed E-state index contributed by atoms with van der Waals surface area (Å²) in [6.07, 6.45) is -4.52. The summed E-state index contributed by atoms with van der Waals surface area (Å²) in [6.45, 7) is 5.39. The largest absolute Gasteiger partial charge is 0.462 e. The Balaban J connectivity index is 2.41. The van der Waals surface area contributed by atoms with E-state index >= 15 is 0 Å². The van der Waals surface area contributed by atoms with Gasteiger partial charge in [-0.15, -0.1) is 0 Å². The number of allylic oxidation sites excluding steroid dienone is 1. The average Bonchev–Trinajstić information content (AvgIpc) is 2.51. The van der Waals surface area contributed by atoms with Crippen LogP contribution >= 0.6 is 0 Å². The molecular formula is C17H19F3N2O3. The number of esters is 1. The summed E-state index contributed by atoms with van der Waals surface area (Å²) in [4.78, 5) is 24.1. The van der Waals surface area contributed by atoms with Gasteiger partial charge in [-0.25, -0.2) is 9.59 Å². The van der Waals surface area contributed by atoms with Crippen LogP contribution in [-0.4, -0.2) is 18.6 Å². The zero-order chi connectivity index (χ0) is 18.8. The molecule has 0 saturated carbocycles. The molecule has 1 aliphatic heterocycles. The molecule has 0 aromatic heterocycles. The number of halogens is 3. The topological polar surface area (TPSA) is 67.4 Å². The number of carbonyl (C=O) groups is 2. The highest BCUT2D eigenvalue weighted by atomic mass is 19.4. The van der Waals surface area contributed by atoms with Crippen LogP contribution in [0.25, 0.3) is 0 Å². The van der Waals surface area contributed by atoms with E-state index in [9.17, 15) is 22.8 Å². The highest BCUT2D eigenvalue weighted by molar-refractivity contribution is 5.95. The second kappa shape index (κ2) is 7.16. The summed E-state index contributed by atoms with van der Waals surface area (Å²) in [5.41, 5.74) is -0.370. The van der Waals surface area contributed by atoms with E-state index in [0.717, 1.165) is 12.1 Å². The van der Waals surface area contributed by atoms with Gasteiger partial charge in [0.2, 0.25) is 0 Å². The maximum Gasteiger partial charge on any atom is 0.416 e. The van der Waals surface area contributed by atoms with Gasteiger partial charge in [0.25, 0.3) is 0 Å². The zero-order valence-electron chi connectivity index (χ0n) is 14.0. The van der Waals surface area contributed by atoms with Crippen molar-refractivity contribution in [2.24, 2.45) is 5.92 Å². The van der Waals surface area contributed by atoms with Crippen molar-refractivity contribution in [2.45, 2.75) is 33.0 Å². The number of hydrogen-bond acceptors (Lipinski definition) is 3. The predicted molar refractivity (Wildman–Crippen MR) is 84.3 cm³/mol. The Hall–Kier alpha value is -2.51. The summed E-state index contributed by atoms with van der Waals surface area (Å²) >= 11 is 0. The Morgan fingerprint density at radius 2 is 2.00 bits per heavy atom. The normalized spacial score (nSPS) is 18.0. The molecule has 1 aromatic rings. The molecule has 0 saturated heterocycles. The molecule has 136 valence electrons. The van der Waals surface area contributed by atoms with Crippen LogP contribution in [0.2, 0.25) is 0 Å². The van der Waals surface area contributed by atoms with Gasteiger partial charge in [0, 0.05) is 5.70 Å². The van der Waals surface area contributed by atoms with Gasteiger partial charge in [-0.2, -0.15) is 13.2 Å². The van der Waals surface area contributed by atoms with E-state index in [4.69, 9.17) is 4.74 Å². The van der Waals surface area contributed by atoms with Gasteiger partial charge in [0.1, 0.15) is 0 Å². The van der Waals surface area contributed by atoms with E-state index in [1.807, 2.05) is 13.8 Å². The molecule has 2 amide bonds. The molecule has 0 fully saturated rings. The lowest BCUT2D eigenvalue weighted by molar-refractivity contribution is -0.140. The van der Waals surface area contributed by atoms with Gasteiger partial charge in [-0.1, -0.05) is 26.0 Å². The third kappa shape index (κ3) is 4.52. The molecule has 0 radical (unpaired) electrons. The number of alkyl halides is 3. The number of rotatable bonds is 4. The molecule has 8 heteroatoms. The van der Waals surface area contributed by atoms with Crippen LogP contribution in [0.15, 0.2) is 35.5 Å². The first-order valence-corrected chi connectivity index (χ1v) is 7.72. The van der Waals surface area contributed by atoms with Crippen molar-refractivity contribution in [3.8, 4) is 0 Å². The quantitative estimate of drug-likeness (QED) is 0.811. The van der Waals surface area contributed by atoms with E-state index in [2.05, 4.69) is 10.6 Å². The minimum Gasteiger partial charge on any atom is -0.462 e. The predicted octanol–water partition coefficient (Wildman–Crippen LogP) is 3.53. The Labute approximate surface area is 143 Å². The van der Waals surface area contributed by atoms with E-state index in [-0.39, 0.29) is 29.4 Å². The summed E-state index contributed by atoms with van der Waals surface area (Å²) in [5.74, 6) is -0.580. The highest BCUT2D eigenvalue weighted by Gasteiger charge is 2.35. The summed E-state index contributed by atoms with van der Waals surface area (Å²) < 4.78 is 44.0. The van der Waals surface area contributed by atoms with Crippen molar-refractivity contribution in [3.63, 3.8) is 0 Å². The molecule has 0 spiro atoms. The number of benzene rings is 1. The van der Waals surface area contributed by atoms with Crippen molar-refractivity contribution < 1.29 is 27.5 Å². The number of urea groups is 1. The second-order valence-corrected chi connectivity index (χ2v) is 6.19. The molecule has 25 heavy (non-hydrogen) atoms. The molecule has 1 aromatic carbocycles. The summed E-state index contributed by atoms with van der Waals surface area (Å²) in [7, 11) is 0. The molecule has 1 unspecified atom stereocenters. The first-order valence-electron chi connectivity index (χ1n) is 7.72. The Kier molecular flexibility index (Phi) is 5.39. The van der Waals surface area contributed by atoms with E-state index < -0.39 is 29.8 Å². The molecule has 1 atom stereocenters. The molecule has 2 N–H and O–H groups in total. The minimum atomic E-state index is -4.52. The fourth-order valence-corrected chi connectivity index (χ4v) is 2.43. The van der Waals surface area contributed by atoms with Gasteiger partial charge in [0.15, 0.2) is 0 Å². The summed E-state index contributed by atoms with van der Waals surface area (Å²) in [5, 5.41) is 4.93. The minimum absolute atomic E-state index is 0.0829. The van der Waals surface area contributed by atoms with Crippen LogP contribution in [0.3, 0.4) is 0 Å². The van der Waals surface area contributed by atoms with Gasteiger partial charge >= 0.3 is 18.2 Å². The Bertz CT molecular complexity index is 711. The van der Waals surface area contributed by atoms with Crippen LogP contribution < -0.4 is 10.6 Å². The maximum atomic E-state index is 13.0. The first-order chi connectivity index (χ1) is 11.6. The fraction of sp³-hybridized carbons (Fsp3) is 0.412. The number of carbonyl (C=O) groups excluding carboxylic acids is 2. The maximum absolute atomic E-state index is 13.0. The van der Waals surface area contributed by atoms with Crippen LogP contribution in [0.5, 0.6) is 0 Å². The molecule has 0 bridgehead atoms. The van der Waals surface area contributed by atoms with E-state index in [0.29, 0.717) is 0 Å². The Morgan fingerprint density at radius 3 is 2.60 bits per heavy atom. The molecular weight excluding hydrogens is 337 g/mol. The zero-order valence-corrected chi connectivity index (χ0v) is 14.0. The van der Waals surface area contributed by atoms with E-state index in [1.54, 1.807) is 0 Å². The lowest BCUT2D eigenvalue weighted by atomic mass is 9.94. The van der Waals surface area contributed by atoms with E-state index in [1.165, 1.54) is 19.1 Å². The van der Waals surface area contributed by atoms with Crippen molar-refractivity contribution in [2.75, 3.05) is 6.61 Å². The molecule has 2 rings (SSSR count). The molecule has 5 nitrogen and oxygen atoms in total. The standard InChI is InChI=1S/C17H19F3N2O3/c1-9(2)8-25-15(23)13-10(3)21-16(24)22-14(13)11-5-4-6-12(7-11)17(18,19)20/h4-7,9,14H,8H2,1-3H3,(H2,21,22,24).